The number of halogens is 1. The molecule has 1 aliphatic heterocycles. The Balaban J connectivity index is 0.00000288. The number of anilines is 1. The monoisotopic (exact) mass is 444 g/mol. The number of benzene rings is 1. The quantitative estimate of drug-likeness (QED) is 0.326. The van der Waals surface area contributed by atoms with E-state index in [0.717, 1.165) is 38.4 Å². The van der Waals surface area contributed by atoms with Gasteiger partial charge in [0.1, 0.15) is 0 Å². The van der Waals surface area contributed by atoms with E-state index in [9.17, 15) is 0 Å². The Morgan fingerprint density at radius 3 is 2.42 bits per heavy atom. The molecule has 0 radical (unpaired) electrons. The first-order valence-electron chi connectivity index (χ1n) is 8.63. The van der Waals surface area contributed by atoms with Crippen LogP contribution in [0.1, 0.15) is 32.3 Å². The Hall–Kier alpha value is -0.980. The van der Waals surface area contributed by atoms with Crippen molar-refractivity contribution in [1.82, 2.24) is 10.2 Å². The number of aliphatic imine (C=N–C) groups is 1. The largest absolute Gasteiger partial charge is 0.378 e. The van der Waals surface area contributed by atoms with Crippen molar-refractivity contribution in [2.45, 2.75) is 33.1 Å². The number of likely N-dealkylation sites (tertiary alicyclic amines) is 1. The number of nitrogens with zero attached hydrogens (tertiary/aromatic N) is 3. The number of guanidine groups is 1. The molecule has 0 aliphatic carbocycles. The van der Waals surface area contributed by atoms with E-state index in [4.69, 9.17) is 0 Å². The summed E-state index contributed by atoms with van der Waals surface area (Å²) in [6, 6.07) is 8.84. The van der Waals surface area contributed by atoms with E-state index in [1.54, 1.807) is 0 Å². The number of rotatable bonds is 5. The highest BCUT2D eigenvalue weighted by Crippen LogP contribution is 2.28. The van der Waals surface area contributed by atoms with Crippen molar-refractivity contribution in [2.75, 3.05) is 45.7 Å². The van der Waals surface area contributed by atoms with Crippen LogP contribution in [0.3, 0.4) is 0 Å². The molecule has 1 fully saturated rings. The van der Waals surface area contributed by atoms with Crippen LogP contribution >= 0.6 is 24.0 Å². The Morgan fingerprint density at radius 2 is 1.92 bits per heavy atom. The molecule has 1 N–H and O–H groups in total. The van der Waals surface area contributed by atoms with Gasteiger partial charge in [-0.05, 0) is 42.4 Å². The van der Waals surface area contributed by atoms with Gasteiger partial charge in [-0.2, -0.15) is 0 Å². The predicted molar refractivity (Wildman–Crippen MR) is 116 cm³/mol. The third kappa shape index (κ3) is 6.15. The molecule has 0 aromatic heterocycles. The maximum absolute atomic E-state index is 4.44. The van der Waals surface area contributed by atoms with Gasteiger partial charge < -0.3 is 15.1 Å². The molecule has 1 aromatic rings. The minimum Gasteiger partial charge on any atom is -0.378 e. The standard InChI is InChI=1S/C19H32N4.HI/c1-19(2)12-14-23(15-19)18(20-3)21-13-6-7-16-8-10-17(11-9-16)22(4)5;/h8-11H,6-7,12-15H2,1-5H3,(H,20,21);1H. The summed E-state index contributed by atoms with van der Waals surface area (Å²) in [5.74, 6) is 1.05. The molecular weight excluding hydrogens is 411 g/mol. The summed E-state index contributed by atoms with van der Waals surface area (Å²) in [7, 11) is 6.03. The van der Waals surface area contributed by atoms with E-state index in [1.165, 1.54) is 17.7 Å². The van der Waals surface area contributed by atoms with Gasteiger partial charge in [0.25, 0.3) is 0 Å². The minimum atomic E-state index is 0. The van der Waals surface area contributed by atoms with E-state index >= 15 is 0 Å². The molecule has 0 amide bonds. The van der Waals surface area contributed by atoms with E-state index in [1.807, 2.05) is 7.05 Å². The molecule has 2 rings (SSSR count). The van der Waals surface area contributed by atoms with Gasteiger partial charge >= 0.3 is 0 Å². The number of hydrogen-bond donors (Lipinski definition) is 1. The SMILES string of the molecule is CN=C(NCCCc1ccc(N(C)C)cc1)N1CCC(C)(C)C1.I. The van der Waals surface area contributed by atoms with E-state index in [-0.39, 0.29) is 24.0 Å². The van der Waals surface area contributed by atoms with Crippen LogP contribution in [0.25, 0.3) is 0 Å². The normalized spacial score (nSPS) is 16.7. The summed E-state index contributed by atoms with van der Waals surface area (Å²) in [6.45, 7) is 7.84. The zero-order valence-corrected chi connectivity index (χ0v) is 18.1. The van der Waals surface area contributed by atoms with E-state index in [0.29, 0.717) is 5.41 Å². The first-order chi connectivity index (χ1) is 10.9. The first-order valence-corrected chi connectivity index (χ1v) is 8.63. The number of nitrogens with one attached hydrogen (secondary N) is 1. The van der Waals surface area contributed by atoms with Crippen LogP contribution in [0.2, 0.25) is 0 Å². The fraction of sp³-hybridized carbons (Fsp3) is 0.632. The average Bonchev–Trinajstić information content (AvgIpc) is 2.87. The Labute approximate surface area is 164 Å². The van der Waals surface area contributed by atoms with Gasteiger partial charge in [-0.3, -0.25) is 4.99 Å². The molecule has 0 saturated carbocycles. The van der Waals surface area contributed by atoms with Gasteiger partial charge in [0.15, 0.2) is 5.96 Å². The third-order valence-electron chi connectivity index (χ3n) is 4.57. The van der Waals surface area contributed by atoms with Crippen molar-refractivity contribution in [3.8, 4) is 0 Å². The topological polar surface area (TPSA) is 30.9 Å². The zero-order chi connectivity index (χ0) is 16.9. The molecule has 1 saturated heterocycles. The Kier molecular flexibility index (Phi) is 8.33. The highest BCUT2D eigenvalue weighted by atomic mass is 127. The molecule has 1 heterocycles. The molecule has 24 heavy (non-hydrogen) atoms. The zero-order valence-electron chi connectivity index (χ0n) is 15.8. The minimum absolute atomic E-state index is 0. The van der Waals surface area contributed by atoms with Crippen LogP contribution < -0.4 is 10.2 Å². The summed E-state index contributed by atoms with van der Waals surface area (Å²) in [5, 5.41) is 3.52. The summed E-state index contributed by atoms with van der Waals surface area (Å²) >= 11 is 0. The second-order valence-electron chi connectivity index (χ2n) is 7.47. The van der Waals surface area contributed by atoms with E-state index < -0.39 is 0 Å². The van der Waals surface area contributed by atoms with Crippen molar-refractivity contribution < 1.29 is 0 Å². The second-order valence-corrected chi connectivity index (χ2v) is 7.47. The van der Waals surface area contributed by atoms with Crippen LogP contribution in [0, 0.1) is 5.41 Å². The molecule has 5 heteroatoms. The van der Waals surface area contributed by atoms with Gasteiger partial charge in [-0.1, -0.05) is 26.0 Å². The summed E-state index contributed by atoms with van der Waals surface area (Å²) in [5.41, 5.74) is 3.06. The molecule has 0 atom stereocenters. The Morgan fingerprint density at radius 1 is 1.25 bits per heavy atom. The summed E-state index contributed by atoms with van der Waals surface area (Å²) in [4.78, 5) is 8.95. The van der Waals surface area contributed by atoms with Gasteiger partial charge in [0.05, 0.1) is 0 Å². The van der Waals surface area contributed by atoms with Crippen LogP contribution in [0.15, 0.2) is 29.3 Å². The molecule has 0 spiro atoms. The number of hydrogen-bond acceptors (Lipinski definition) is 2. The Bertz CT molecular complexity index is 523. The van der Waals surface area contributed by atoms with Crippen LogP contribution in [-0.4, -0.2) is 51.6 Å². The molecular formula is C19H33IN4. The fourth-order valence-electron chi connectivity index (χ4n) is 3.08. The molecule has 4 nitrogen and oxygen atoms in total. The van der Waals surface area contributed by atoms with Gasteiger partial charge in [-0.25, -0.2) is 0 Å². The van der Waals surface area contributed by atoms with Gasteiger partial charge in [-0.15, -0.1) is 24.0 Å². The lowest BCUT2D eigenvalue weighted by atomic mass is 9.93. The highest BCUT2D eigenvalue weighted by Gasteiger charge is 2.30. The molecule has 0 unspecified atom stereocenters. The van der Waals surface area contributed by atoms with Gasteiger partial charge in [0, 0.05) is 46.5 Å². The van der Waals surface area contributed by atoms with Crippen LogP contribution in [0.4, 0.5) is 5.69 Å². The van der Waals surface area contributed by atoms with Crippen LogP contribution in [-0.2, 0) is 6.42 Å². The maximum Gasteiger partial charge on any atom is 0.193 e. The lowest BCUT2D eigenvalue weighted by Gasteiger charge is -2.23. The van der Waals surface area contributed by atoms with Crippen molar-refractivity contribution in [2.24, 2.45) is 10.4 Å². The number of aryl methyl sites for hydroxylation is 1. The highest BCUT2D eigenvalue weighted by molar-refractivity contribution is 14.0. The van der Waals surface area contributed by atoms with Crippen molar-refractivity contribution in [3.05, 3.63) is 29.8 Å². The van der Waals surface area contributed by atoms with Gasteiger partial charge in [0.2, 0.25) is 0 Å². The molecule has 1 aromatic carbocycles. The van der Waals surface area contributed by atoms with Crippen molar-refractivity contribution in [1.29, 1.82) is 0 Å². The molecule has 136 valence electrons. The second kappa shape index (κ2) is 9.49. The lowest BCUT2D eigenvalue weighted by molar-refractivity contribution is 0.370. The average molecular weight is 444 g/mol. The fourth-order valence-corrected chi connectivity index (χ4v) is 3.08. The third-order valence-corrected chi connectivity index (χ3v) is 4.57. The van der Waals surface area contributed by atoms with Crippen molar-refractivity contribution >= 4 is 35.6 Å². The maximum atomic E-state index is 4.44. The molecule has 1 aliphatic rings. The molecule has 0 bridgehead atoms. The predicted octanol–water partition coefficient (Wildman–Crippen LogP) is 3.61. The lowest BCUT2D eigenvalue weighted by Crippen LogP contribution is -2.41. The smallest absolute Gasteiger partial charge is 0.193 e. The van der Waals surface area contributed by atoms with Crippen LogP contribution in [0.5, 0.6) is 0 Å². The summed E-state index contributed by atoms with van der Waals surface area (Å²) in [6.07, 6.45) is 3.46. The first kappa shape index (κ1) is 21.1. The summed E-state index contributed by atoms with van der Waals surface area (Å²) < 4.78 is 0. The van der Waals surface area contributed by atoms with E-state index in [2.05, 4.69) is 72.3 Å². The van der Waals surface area contributed by atoms with Crippen molar-refractivity contribution in [3.63, 3.8) is 0 Å².